The summed E-state index contributed by atoms with van der Waals surface area (Å²) >= 11 is 0. The minimum absolute atomic E-state index is 0.0271. The molecule has 1 aliphatic rings. The van der Waals surface area contributed by atoms with E-state index in [2.05, 4.69) is 10.4 Å². The molecular weight excluding hydrogens is 292 g/mol. The Morgan fingerprint density at radius 2 is 2.23 bits per heavy atom. The van der Waals surface area contributed by atoms with Gasteiger partial charge in [-0.05, 0) is 26.7 Å². The van der Waals surface area contributed by atoms with Crippen LogP contribution in [0.1, 0.15) is 49.7 Å². The van der Waals surface area contributed by atoms with Crippen LogP contribution >= 0.6 is 0 Å². The highest BCUT2D eigenvalue weighted by atomic mass is 19.3. The standard InChI is InChI=1S/C15H23F2N3O2/c1-9-11(10(2)20(19-9)14(16)17)7-13(22)18-12-5-4-6-15(12,3)8-21/h12,14,21H,4-8H2,1-3H3,(H,18,22). The van der Waals surface area contributed by atoms with E-state index in [-0.39, 0.29) is 30.4 Å². The third-order valence-electron chi connectivity index (χ3n) is 4.78. The van der Waals surface area contributed by atoms with Gasteiger partial charge in [0.05, 0.1) is 18.7 Å². The van der Waals surface area contributed by atoms with Crippen molar-refractivity contribution in [2.24, 2.45) is 5.41 Å². The van der Waals surface area contributed by atoms with E-state index in [1.165, 1.54) is 0 Å². The lowest BCUT2D eigenvalue weighted by Gasteiger charge is -2.30. The first-order valence-corrected chi connectivity index (χ1v) is 7.51. The lowest BCUT2D eigenvalue weighted by atomic mass is 9.85. The second-order valence-corrected chi connectivity index (χ2v) is 6.37. The van der Waals surface area contributed by atoms with E-state index >= 15 is 0 Å². The third kappa shape index (κ3) is 3.14. The van der Waals surface area contributed by atoms with E-state index in [0.717, 1.165) is 19.3 Å². The predicted octanol–water partition coefficient (Wildman–Crippen LogP) is 2.10. The Morgan fingerprint density at radius 1 is 1.55 bits per heavy atom. The Morgan fingerprint density at radius 3 is 2.77 bits per heavy atom. The summed E-state index contributed by atoms with van der Waals surface area (Å²) in [7, 11) is 0. The summed E-state index contributed by atoms with van der Waals surface area (Å²) in [5, 5.41) is 16.2. The molecule has 0 saturated heterocycles. The van der Waals surface area contributed by atoms with Crippen molar-refractivity contribution < 1.29 is 18.7 Å². The van der Waals surface area contributed by atoms with Gasteiger partial charge in [-0.2, -0.15) is 13.9 Å². The fourth-order valence-corrected chi connectivity index (χ4v) is 3.22. The molecule has 0 aromatic carbocycles. The number of aromatic nitrogens is 2. The highest BCUT2D eigenvalue weighted by molar-refractivity contribution is 5.79. The molecule has 0 aliphatic heterocycles. The van der Waals surface area contributed by atoms with Crippen molar-refractivity contribution in [3.8, 4) is 0 Å². The maximum Gasteiger partial charge on any atom is 0.333 e. The van der Waals surface area contributed by atoms with Crippen molar-refractivity contribution >= 4 is 5.91 Å². The molecule has 1 aromatic heterocycles. The van der Waals surface area contributed by atoms with Crippen molar-refractivity contribution in [2.75, 3.05) is 6.61 Å². The largest absolute Gasteiger partial charge is 0.396 e. The van der Waals surface area contributed by atoms with Gasteiger partial charge >= 0.3 is 6.55 Å². The zero-order valence-electron chi connectivity index (χ0n) is 13.2. The van der Waals surface area contributed by atoms with Crippen LogP contribution in [0.3, 0.4) is 0 Å². The minimum Gasteiger partial charge on any atom is -0.396 e. The van der Waals surface area contributed by atoms with Crippen molar-refractivity contribution in [2.45, 2.75) is 59.0 Å². The molecule has 124 valence electrons. The number of aliphatic hydroxyl groups excluding tert-OH is 1. The Hall–Kier alpha value is -1.50. The summed E-state index contributed by atoms with van der Waals surface area (Å²) in [5.41, 5.74) is 1.01. The average molecular weight is 315 g/mol. The summed E-state index contributed by atoms with van der Waals surface area (Å²) in [6.07, 6.45) is 2.69. The summed E-state index contributed by atoms with van der Waals surface area (Å²) in [4.78, 5) is 12.2. The number of hydrogen-bond acceptors (Lipinski definition) is 3. The second kappa shape index (κ2) is 6.32. The molecule has 2 atom stereocenters. The highest BCUT2D eigenvalue weighted by Crippen LogP contribution is 2.37. The molecule has 2 N–H and O–H groups in total. The van der Waals surface area contributed by atoms with Gasteiger partial charge in [0.15, 0.2) is 0 Å². The monoisotopic (exact) mass is 315 g/mol. The number of carbonyl (C=O) groups is 1. The number of amides is 1. The Balaban J connectivity index is 2.07. The topological polar surface area (TPSA) is 67.2 Å². The van der Waals surface area contributed by atoms with Crippen LogP contribution in [-0.4, -0.2) is 33.4 Å². The average Bonchev–Trinajstić information content (AvgIpc) is 2.95. The van der Waals surface area contributed by atoms with Crippen LogP contribution in [0.25, 0.3) is 0 Å². The summed E-state index contributed by atoms with van der Waals surface area (Å²) < 4.78 is 26.3. The molecule has 0 radical (unpaired) electrons. The van der Waals surface area contributed by atoms with Crippen LogP contribution in [-0.2, 0) is 11.2 Å². The van der Waals surface area contributed by atoms with Gasteiger partial charge in [-0.25, -0.2) is 4.68 Å². The van der Waals surface area contributed by atoms with Gasteiger partial charge in [0.2, 0.25) is 5.91 Å². The molecule has 1 fully saturated rings. The molecule has 0 bridgehead atoms. The first-order chi connectivity index (χ1) is 10.3. The molecule has 1 saturated carbocycles. The summed E-state index contributed by atoms with van der Waals surface area (Å²) in [6, 6.07) is -0.0734. The Labute approximate surface area is 128 Å². The van der Waals surface area contributed by atoms with Gasteiger partial charge in [0.1, 0.15) is 0 Å². The maximum absolute atomic E-state index is 12.8. The van der Waals surface area contributed by atoms with E-state index in [1.807, 2.05) is 6.92 Å². The number of carbonyl (C=O) groups excluding carboxylic acids is 1. The molecule has 5 nitrogen and oxygen atoms in total. The van der Waals surface area contributed by atoms with Crippen LogP contribution in [0, 0.1) is 19.3 Å². The van der Waals surface area contributed by atoms with Gasteiger partial charge in [-0.3, -0.25) is 4.79 Å². The van der Waals surface area contributed by atoms with Gasteiger partial charge in [-0.1, -0.05) is 13.3 Å². The van der Waals surface area contributed by atoms with E-state index in [4.69, 9.17) is 0 Å². The van der Waals surface area contributed by atoms with Crippen LogP contribution in [0.2, 0.25) is 0 Å². The summed E-state index contributed by atoms with van der Waals surface area (Å²) in [6.45, 7) is 2.45. The Kier molecular flexibility index (Phi) is 4.84. The number of nitrogens with one attached hydrogen (secondary N) is 1. The zero-order valence-corrected chi connectivity index (χ0v) is 13.2. The molecule has 1 heterocycles. The minimum atomic E-state index is -2.71. The predicted molar refractivity (Wildman–Crippen MR) is 77.6 cm³/mol. The lowest BCUT2D eigenvalue weighted by Crippen LogP contribution is -2.45. The first kappa shape index (κ1) is 16.9. The molecule has 1 amide bonds. The number of rotatable bonds is 5. The van der Waals surface area contributed by atoms with Crippen molar-refractivity contribution in [1.82, 2.24) is 15.1 Å². The molecule has 7 heteroatoms. The third-order valence-corrected chi connectivity index (χ3v) is 4.78. The second-order valence-electron chi connectivity index (χ2n) is 6.37. The summed E-state index contributed by atoms with van der Waals surface area (Å²) in [5.74, 6) is -0.216. The highest BCUT2D eigenvalue weighted by Gasteiger charge is 2.39. The molecule has 1 aliphatic carbocycles. The number of halogens is 2. The molecule has 22 heavy (non-hydrogen) atoms. The number of aliphatic hydroxyl groups is 1. The quantitative estimate of drug-likeness (QED) is 0.874. The van der Waals surface area contributed by atoms with Crippen molar-refractivity contribution in [1.29, 1.82) is 0 Å². The number of hydrogen-bond donors (Lipinski definition) is 2. The van der Waals surface area contributed by atoms with Crippen LogP contribution in [0.5, 0.6) is 0 Å². The molecule has 1 aromatic rings. The van der Waals surface area contributed by atoms with Crippen LogP contribution in [0.4, 0.5) is 8.78 Å². The van der Waals surface area contributed by atoms with Gasteiger partial charge in [0.25, 0.3) is 0 Å². The SMILES string of the molecule is Cc1nn(C(F)F)c(C)c1CC(=O)NC1CCCC1(C)CO. The van der Waals surface area contributed by atoms with E-state index < -0.39 is 6.55 Å². The number of alkyl halides is 2. The van der Waals surface area contributed by atoms with Crippen LogP contribution in [0.15, 0.2) is 0 Å². The maximum atomic E-state index is 12.8. The fraction of sp³-hybridized carbons (Fsp3) is 0.733. The van der Waals surface area contributed by atoms with Gasteiger partial charge < -0.3 is 10.4 Å². The lowest BCUT2D eigenvalue weighted by molar-refractivity contribution is -0.122. The fourth-order valence-electron chi connectivity index (χ4n) is 3.22. The Bertz CT molecular complexity index is 559. The van der Waals surface area contributed by atoms with Gasteiger partial charge in [0, 0.05) is 22.7 Å². The first-order valence-electron chi connectivity index (χ1n) is 7.51. The van der Waals surface area contributed by atoms with Crippen LogP contribution < -0.4 is 5.32 Å². The van der Waals surface area contributed by atoms with E-state index in [9.17, 15) is 18.7 Å². The molecular formula is C15H23F2N3O2. The number of aryl methyl sites for hydroxylation is 1. The smallest absolute Gasteiger partial charge is 0.333 e. The zero-order chi connectivity index (χ0) is 16.5. The van der Waals surface area contributed by atoms with Crippen molar-refractivity contribution in [3.63, 3.8) is 0 Å². The number of nitrogens with zero attached hydrogens (tertiary/aromatic N) is 2. The van der Waals surface area contributed by atoms with E-state index in [0.29, 0.717) is 21.6 Å². The normalized spacial score (nSPS) is 25.0. The molecule has 2 unspecified atom stereocenters. The van der Waals surface area contributed by atoms with E-state index in [1.54, 1.807) is 13.8 Å². The molecule has 0 spiro atoms. The van der Waals surface area contributed by atoms with Gasteiger partial charge in [-0.15, -0.1) is 0 Å². The van der Waals surface area contributed by atoms with Crippen molar-refractivity contribution in [3.05, 3.63) is 17.0 Å². The molecule has 2 rings (SSSR count).